The molecule has 0 aliphatic carbocycles. The predicted molar refractivity (Wildman–Crippen MR) is 80.7 cm³/mol. The van der Waals surface area contributed by atoms with E-state index in [1.54, 1.807) is 6.92 Å². The van der Waals surface area contributed by atoms with Gasteiger partial charge in [-0.05, 0) is 51.0 Å². The number of Topliss-reactive ketones (excluding diaryl/α,β-unsaturated/α-hetero) is 1. The molecule has 0 saturated carbocycles. The second-order valence-corrected chi connectivity index (χ2v) is 5.31. The van der Waals surface area contributed by atoms with E-state index in [2.05, 4.69) is 42.0 Å². The van der Waals surface area contributed by atoms with Gasteiger partial charge in [0.05, 0.1) is 5.69 Å². The van der Waals surface area contributed by atoms with Crippen molar-refractivity contribution < 1.29 is 4.79 Å². The van der Waals surface area contributed by atoms with Gasteiger partial charge in [-0.2, -0.15) is 0 Å². The molecular weight excluding hydrogens is 248 g/mol. The van der Waals surface area contributed by atoms with Crippen LogP contribution in [0.2, 0.25) is 0 Å². The molecule has 1 aromatic carbocycles. The van der Waals surface area contributed by atoms with E-state index in [9.17, 15) is 4.79 Å². The van der Waals surface area contributed by atoms with Gasteiger partial charge in [0, 0.05) is 24.1 Å². The Balaban J connectivity index is 2.35. The van der Waals surface area contributed by atoms with Crippen LogP contribution in [0, 0.1) is 20.8 Å². The van der Waals surface area contributed by atoms with E-state index in [1.165, 1.54) is 11.1 Å². The summed E-state index contributed by atoms with van der Waals surface area (Å²) in [6, 6.07) is 8.32. The van der Waals surface area contributed by atoms with Crippen molar-refractivity contribution >= 4 is 5.78 Å². The topological polar surface area (TPSA) is 42.9 Å². The first-order chi connectivity index (χ1) is 9.45. The molecule has 0 fully saturated rings. The quantitative estimate of drug-likeness (QED) is 0.851. The summed E-state index contributed by atoms with van der Waals surface area (Å²) >= 11 is 0. The van der Waals surface area contributed by atoms with Gasteiger partial charge in [0.15, 0.2) is 0 Å². The fourth-order valence-electron chi connectivity index (χ4n) is 2.08. The molecule has 104 valence electrons. The molecule has 1 heterocycles. The third-order valence-electron chi connectivity index (χ3n) is 3.40. The molecule has 0 unspecified atom stereocenters. The lowest BCUT2D eigenvalue weighted by molar-refractivity contribution is -0.117. The fraction of sp³-hybridized carbons (Fsp3) is 0.353. The first kappa shape index (κ1) is 14.4. The maximum atomic E-state index is 11.1. The Kier molecular flexibility index (Phi) is 4.28. The number of carbonyl (C=O) groups is 1. The van der Waals surface area contributed by atoms with Crippen molar-refractivity contribution in [3.8, 4) is 11.3 Å². The highest BCUT2D eigenvalue weighted by Crippen LogP contribution is 2.21. The molecule has 0 atom stereocenters. The monoisotopic (exact) mass is 268 g/mol. The molecule has 0 aliphatic heterocycles. The second kappa shape index (κ2) is 5.95. The highest BCUT2D eigenvalue weighted by Gasteiger charge is 2.07. The van der Waals surface area contributed by atoms with Crippen LogP contribution in [0.25, 0.3) is 11.3 Å². The highest BCUT2D eigenvalue weighted by molar-refractivity contribution is 5.75. The molecule has 3 heteroatoms. The summed E-state index contributed by atoms with van der Waals surface area (Å²) in [4.78, 5) is 20.1. The molecule has 1 aromatic heterocycles. The zero-order valence-corrected chi connectivity index (χ0v) is 12.5. The Bertz CT molecular complexity index is 647. The Morgan fingerprint density at radius 1 is 1.05 bits per heavy atom. The van der Waals surface area contributed by atoms with Gasteiger partial charge in [-0.3, -0.25) is 0 Å². The van der Waals surface area contributed by atoms with Crippen LogP contribution >= 0.6 is 0 Å². The summed E-state index contributed by atoms with van der Waals surface area (Å²) in [6.45, 7) is 7.76. The average Bonchev–Trinajstić information content (AvgIpc) is 2.39. The molecule has 3 nitrogen and oxygen atoms in total. The Morgan fingerprint density at radius 3 is 2.45 bits per heavy atom. The largest absolute Gasteiger partial charge is 0.300 e. The maximum Gasteiger partial charge on any atom is 0.130 e. The van der Waals surface area contributed by atoms with Crippen LogP contribution in [0.1, 0.15) is 36.0 Å². The molecule has 0 spiro atoms. The standard InChI is InChI=1S/C17H20N2O/c1-11-5-7-15(9-12(11)2)16-10-13(3)18-17(19-16)8-6-14(4)20/h5,7,9-10H,6,8H2,1-4H3. The van der Waals surface area contributed by atoms with Crippen molar-refractivity contribution in [3.63, 3.8) is 0 Å². The van der Waals surface area contributed by atoms with E-state index >= 15 is 0 Å². The molecule has 2 aromatic rings. The summed E-state index contributed by atoms with van der Waals surface area (Å²) < 4.78 is 0. The number of nitrogens with zero attached hydrogens (tertiary/aromatic N) is 2. The molecule has 20 heavy (non-hydrogen) atoms. The van der Waals surface area contributed by atoms with Gasteiger partial charge in [0.25, 0.3) is 0 Å². The van der Waals surface area contributed by atoms with Crippen LogP contribution in [0.5, 0.6) is 0 Å². The minimum absolute atomic E-state index is 0.169. The lowest BCUT2D eigenvalue weighted by Gasteiger charge is -2.08. The van der Waals surface area contributed by atoms with Gasteiger partial charge < -0.3 is 4.79 Å². The van der Waals surface area contributed by atoms with Crippen molar-refractivity contribution in [1.29, 1.82) is 0 Å². The van der Waals surface area contributed by atoms with Gasteiger partial charge >= 0.3 is 0 Å². The van der Waals surface area contributed by atoms with Crippen molar-refractivity contribution in [2.45, 2.75) is 40.5 Å². The van der Waals surface area contributed by atoms with Gasteiger partial charge in [-0.1, -0.05) is 12.1 Å². The SMILES string of the molecule is CC(=O)CCc1nc(C)cc(-c2ccc(C)c(C)c2)n1. The molecule has 0 amide bonds. The maximum absolute atomic E-state index is 11.1. The lowest BCUT2D eigenvalue weighted by Crippen LogP contribution is -2.02. The third-order valence-corrected chi connectivity index (χ3v) is 3.40. The number of benzene rings is 1. The molecule has 0 aliphatic rings. The van der Waals surface area contributed by atoms with E-state index in [0.717, 1.165) is 22.8 Å². The molecule has 0 N–H and O–H groups in total. The minimum atomic E-state index is 0.169. The van der Waals surface area contributed by atoms with Crippen LogP contribution < -0.4 is 0 Å². The van der Waals surface area contributed by atoms with Gasteiger partial charge in [-0.25, -0.2) is 9.97 Å². The summed E-state index contributed by atoms with van der Waals surface area (Å²) in [5.41, 5.74) is 5.49. The fourth-order valence-corrected chi connectivity index (χ4v) is 2.08. The van der Waals surface area contributed by atoms with E-state index in [0.29, 0.717) is 12.8 Å². The van der Waals surface area contributed by atoms with Crippen molar-refractivity contribution in [3.05, 3.63) is 46.9 Å². The summed E-state index contributed by atoms with van der Waals surface area (Å²) in [5.74, 6) is 0.913. The Hall–Kier alpha value is -2.03. The predicted octanol–water partition coefficient (Wildman–Crippen LogP) is 3.59. The van der Waals surface area contributed by atoms with E-state index < -0.39 is 0 Å². The van der Waals surface area contributed by atoms with Crippen LogP contribution in [0.3, 0.4) is 0 Å². The number of hydrogen-bond donors (Lipinski definition) is 0. The van der Waals surface area contributed by atoms with Crippen molar-refractivity contribution in [2.24, 2.45) is 0 Å². The first-order valence-corrected chi connectivity index (χ1v) is 6.87. The molecule has 0 saturated heterocycles. The molecule has 2 rings (SSSR count). The normalized spacial score (nSPS) is 10.6. The number of rotatable bonds is 4. The number of aryl methyl sites for hydroxylation is 4. The third kappa shape index (κ3) is 3.50. The van der Waals surface area contributed by atoms with Gasteiger partial charge in [-0.15, -0.1) is 0 Å². The Morgan fingerprint density at radius 2 is 1.80 bits per heavy atom. The average molecular weight is 268 g/mol. The number of ketones is 1. The van der Waals surface area contributed by atoms with E-state index in [1.807, 2.05) is 13.0 Å². The number of hydrogen-bond acceptors (Lipinski definition) is 3. The molecule has 0 bridgehead atoms. The lowest BCUT2D eigenvalue weighted by atomic mass is 10.0. The number of carbonyl (C=O) groups excluding carboxylic acids is 1. The zero-order valence-electron chi connectivity index (χ0n) is 12.5. The van der Waals surface area contributed by atoms with E-state index in [4.69, 9.17) is 0 Å². The molecular formula is C17H20N2O. The van der Waals surface area contributed by atoms with Crippen molar-refractivity contribution in [2.75, 3.05) is 0 Å². The van der Waals surface area contributed by atoms with Crippen LogP contribution in [-0.4, -0.2) is 15.8 Å². The summed E-state index contributed by atoms with van der Waals surface area (Å²) in [6.07, 6.45) is 1.10. The Labute approximate surface area is 120 Å². The second-order valence-electron chi connectivity index (χ2n) is 5.31. The van der Waals surface area contributed by atoms with Gasteiger partial charge in [0.1, 0.15) is 11.6 Å². The highest BCUT2D eigenvalue weighted by atomic mass is 16.1. The van der Waals surface area contributed by atoms with Crippen LogP contribution in [0.4, 0.5) is 0 Å². The smallest absolute Gasteiger partial charge is 0.130 e. The first-order valence-electron chi connectivity index (χ1n) is 6.87. The van der Waals surface area contributed by atoms with E-state index in [-0.39, 0.29) is 5.78 Å². The zero-order chi connectivity index (χ0) is 14.7. The van der Waals surface area contributed by atoms with Crippen LogP contribution in [-0.2, 0) is 11.2 Å². The summed E-state index contributed by atoms with van der Waals surface area (Å²) in [7, 11) is 0. The van der Waals surface area contributed by atoms with Crippen molar-refractivity contribution in [1.82, 2.24) is 9.97 Å². The number of aromatic nitrogens is 2. The minimum Gasteiger partial charge on any atom is -0.300 e. The molecule has 0 radical (unpaired) electrons. The van der Waals surface area contributed by atoms with Crippen LogP contribution in [0.15, 0.2) is 24.3 Å². The summed E-state index contributed by atoms with van der Waals surface area (Å²) in [5, 5.41) is 0. The van der Waals surface area contributed by atoms with Gasteiger partial charge in [0.2, 0.25) is 0 Å².